The fourth-order valence-corrected chi connectivity index (χ4v) is 6.36. The number of hydrogen-bond acceptors (Lipinski definition) is 6. The quantitative estimate of drug-likeness (QED) is 0.447. The SMILES string of the molecule is COc1ccc(C)cc1NC(=O)c1nc(-c2ccccc2)cc2c1nc(C)n2C1CCS(=O)(=O)C1. The second-order valence-corrected chi connectivity index (χ2v) is 11.1. The number of fused-ring (bicyclic) bond motifs is 1. The Morgan fingerprint density at radius 3 is 2.54 bits per heavy atom. The zero-order chi connectivity index (χ0) is 24.7. The molecule has 1 N–H and O–H groups in total. The van der Waals surface area contributed by atoms with Crippen molar-refractivity contribution in [3.63, 3.8) is 0 Å². The zero-order valence-electron chi connectivity index (χ0n) is 19.8. The van der Waals surface area contributed by atoms with Crippen molar-refractivity contribution in [1.82, 2.24) is 14.5 Å². The van der Waals surface area contributed by atoms with Crippen LogP contribution in [0.2, 0.25) is 0 Å². The predicted molar refractivity (Wildman–Crippen MR) is 136 cm³/mol. The molecule has 0 saturated carbocycles. The van der Waals surface area contributed by atoms with E-state index < -0.39 is 15.7 Å². The molecule has 1 aliphatic rings. The molecule has 1 aliphatic heterocycles. The number of nitrogens with zero attached hydrogens (tertiary/aromatic N) is 3. The van der Waals surface area contributed by atoms with Crippen LogP contribution in [0.5, 0.6) is 5.75 Å². The molecule has 2 aromatic heterocycles. The van der Waals surface area contributed by atoms with Crippen LogP contribution in [0.25, 0.3) is 22.3 Å². The molecule has 3 heterocycles. The number of ether oxygens (including phenoxy) is 1. The molecule has 180 valence electrons. The Balaban J connectivity index is 1.67. The molecule has 1 fully saturated rings. The van der Waals surface area contributed by atoms with Gasteiger partial charge in [0, 0.05) is 5.56 Å². The summed E-state index contributed by atoms with van der Waals surface area (Å²) in [5, 5.41) is 2.93. The first-order valence-electron chi connectivity index (χ1n) is 11.4. The van der Waals surface area contributed by atoms with Gasteiger partial charge in [0.25, 0.3) is 5.91 Å². The van der Waals surface area contributed by atoms with E-state index >= 15 is 0 Å². The summed E-state index contributed by atoms with van der Waals surface area (Å²) in [7, 11) is -1.56. The molecule has 9 heteroatoms. The van der Waals surface area contributed by atoms with Crippen LogP contribution in [-0.4, -0.2) is 47.5 Å². The summed E-state index contributed by atoms with van der Waals surface area (Å²) in [6, 6.07) is 16.8. The van der Waals surface area contributed by atoms with Gasteiger partial charge in [-0.15, -0.1) is 0 Å². The molecule has 2 aromatic carbocycles. The molecular formula is C26H26N4O4S. The lowest BCUT2D eigenvalue weighted by Gasteiger charge is -2.15. The first-order chi connectivity index (χ1) is 16.8. The molecular weight excluding hydrogens is 464 g/mol. The number of pyridine rings is 1. The second-order valence-electron chi connectivity index (χ2n) is 8.83. The van der Waals surface area contributed by atoms with Gasteiger partial charge in [-0.25, -0.2) is 18.4 Å². The lowest BCUT2D eigenvalue weighted by Crippen LogP contribution is -2.16. The van der Waals surface area contributed by atoms with Crippen molar-refractivity contribution in [2.75, 3.05) is 23.9 Å². The van der Waals surface area contributed by atoms with E-state index in [4.69, 9.17) is 9.72 Å². The molecule has 0 spiro atoms. The number of aromatic nitrogens is 3. The first-order valence-corrected chi connectivity index (χ1v) is 13.2. The van der Waals surface area contributed by atoms with Gasteiger partial charge in [-0.05, 0) is 44.0 Å². The van der Waals surface area contributed by atoms with Gasteiger partial charge in [-0.2, -0.15) is 0 Å². The van der Waals surface area contributed by atoms with Gasteiger partial charge in [0.2, 0.25) is 0 Å². The summed E-state index contributed by atoms with van der Waals surface area (Å²) < 4.78 is 31.8. The maximum Gasteiger partial charge on any atom is 0.276 e. The number of nitrogens with one attached hydrogen (secondary N) is 1. The number of carbonyl (C=O) groups excluding carboxylic acids is 1. The van der Waals surface area contributed by atoms with E-state index in [1.807, 2.05) is 66.9 Å². The number of amides is 1. The number of methoxy groups -OCH3 is 1. The average molecular weight is 491 g/mol. The molecule has 8 nitrogen and oxygen atoms in total. The average Bonchev–Trinajstić information content (AvgIpc) is 3.36. The number of carbonyl (C=O) groups is 1. The molecule has 4 aromatic rings. The first kappa shape index (κ1) is 23.0. The van der Waals surface area contributed by atoms with Crippen molar-refractivity contribution >= 4 is 32.5 Å². The van der Waals surface area contributed by atoms with Crippen LogP contribution in [-0.2, 0) is 9.84 Å². The highest BCUT2D eigenvalue weighted by Gasteiger charge is 2.32. The minimum Gasteiger partial charge on any atom is -0.495 e. The predicted octanol–water partition coefficient (Wildman–Crippen LogP) is 4.34. The molecule has 0 aliphatic carbocycles. The molecule has 0 radical (unpaired) electrons. The van der Waals surface area contributed by atoms with E-state index in [1.165, 1.54) is 0 Å². The Morgan fingerprint density at radius 2 is 1.86 bits per heavy atom. The number of sulfone groups is 1. The van der Waals surface area contributed by atoms with Gasteiger partial charge in [0.05, 0.1) is 41.6 Å². The smallest absolute Gasteiger partial charge is 0.276 e. The summed E-state index contributed by atoms with van der Waals surface area (Å²) in [5.74, 6) is 0.979. The lowest BCUT2D eigenvalue weighted by atomic mass is 10.1. The standard InChI is InChI=1S/C26H26N4O4S/c1-16-9-10-23(34-3)21(13-16)29-26(31)25-24-22(14-20(28-25)18-7-5-4-6-8-18)30(17(2)27-24)19-11-12-35(32,33)15-19/h4-10,13-14,19H,11-12,15H2,1-3H3,(H,29,31). The fraction of sp³-hybridized carbons (Fsp3) is 0.269. The Morgan fingerprint density at radius 1 is 1.09 bits per heavy atom. The molecule has 5 rings (SSSR count). The van der Waals surface area contributed by atoms with Crippen LogP contribution in [0.3, 0.4) is 0 Å². The maximum atomic E-state index is 13.6. The minimum absolute atomic E-state index is 0.0598. The Labute approximate surface area is 203 Å². The minimum atomic E-state index is -3.11. The van der Waals surface area contributed by atoms with Gasteiger partial charge in [-0.3, -0.25) is 4.79 Å². The maximum absolute atomic E-state index is 13.6. The van der Waals surface area contributed by atoms with Crippen LogP contribution in [0.1, 0.15) is 34.3 Å². The molecule has 1 unspecified atom stereocenters. The van der Waals surface area contributed by atoms with E-state index in [0.29, 0.717) is 40.4 Å². The van der Waals surface area contributed by atoms with Crippen molar-refractivity contribution in [3.8, 4) is 17.0 Å². The van der Waals surface area contributed by atoms with Crippen LogP contribution >= 0.6 is 0 Å². The monoisotopic (exact) mass is 490 g/mol. The van der Waals surface area contributed by atoms with Crippen molar-refractivity contribution in [1.29, 1.82) is 0 Å². The molecule has 1 saturated heterocycles. The van der Waals surface area contributed by atoms with Gasteiger partial charge in [0.1, 0.15) is 17.1 Å². The molecule has 35 heavy (non-hydrogen) atoms. The Bertz CT molecular complexity index is 1540. The molecule has 1 atom stereocenters. The largest absolute Gasteiger partial charge is 0.495 e. The number of aryl methyl sites for hydroxylation is 2. The highest BCUT2D eigenvalue weighted by molar-refractivity contribution is 7.91. The molecule has 0 bridgehead atoms. The summed E-state index contributed by atoms with van der Waals surface area (Å²) in [4.78, 5) is 22.9. The lowest BCUT2D eigenvalue weighted by molar-refractivity contribution is 0.102. The van der Waals surface area contributed by atoms with Crippen molar-refractivity contribution in [2.45, 2.75) is 26.3 Å². The van der Waals surface area contributed by atoms with Crippen LogP contribution < -0.4 is 10.1 Å². The van der Waals surface area contributed by atoms with Crippen LogP contribution in [0.15, 0.2) is 54.6 Å². The van der Waals surface area contributed by atoms with E-state index in [1.54, 1.807) is 13.2 Å². The van der Waals surface area contributed by atoms with Gasteiger partial charge in [-0.1, -0.05) is 36.4 Å². The zero-order valence-corrected chi connectivity index (χ0v) is 20.6. The Hall–Kier alpha value is -3.72. The van der Waals surface area contributed by atoms with Crippen molar-refractivity contribution < 1.29 is 17.9 Å². The number of imidazole rings is 1. The van der Waals surface area contributed by atoms with Gasteiger partial charge >= 0.3 is 0 Å². The van der Waals surface area contributed by atoms with Crippen molar-refractivity contribution in [2.24, 2.45) is 0 Å². The Kier molecular flexibility index (Phi) is 5.80. The summed E-state index contributed by atoms with van der Waals surface area (Å²) in [6.07, 6.45) is 0.514. The van der Waals surface area contributed by atoms with E-state index in [-0.39, 0.29) is 23.2 Å². The number of anilines is 1. The van der Waals surface area contributed by atoms with E-state index in [9.17, 15) is 13.2 Å². The third kappa shape index (κ3) is 4.39. The van der Waals surface area contributed by atoms with E-state index in [2.05, 4.69) is 10.3 Å². The fourth-order valence-electron chi connectivity index (χ4n) is 4.66. The normalized spacial score (nSPS) is 16.9. The molecule has 1 amide bonds. The van der Waals surface area contributed by atoms with Crippen molar-refractivity contribution in [3.05, 3.63) is 71.7 Å². The third-order valence-electron chi connectivity index (χ3n) is 6.32. The van der Waals surface area contributed by atoms with Gasteiger partial charge < -0.3 is 14.6 Å². The number of rotatable bonds is 5. The highest BCUT2D eigenvalue weighted by atomic mass is 32.2. The summed E-state index contributed by atoms with van der Waals surface area (Å²) >= 11 is 0. The summed E-state index contributed by atoms with van der Waals surface area (Å²) in [5.41, 5.74) is 4.28. The third-order valence-corrected chi connectivity index (χ3v) is 8.07. The number of benzene rings is 2. The topological polar surface area (TPSA) is 103 Å². The van der Waals surface area contributed by atoms with Gasteiger partial charge in [0.15, 0.2) is 15.5 Å². The summed E-state index contributed by atoms with van der Waals surface area (Å²) in [6.45, 7) is 3.76. The number of hydrogen-bond donors (Lipinski definition) is 1. The van der Waals surface area contributed by atoms with Crippen LogP contribution in [0, 0.1) is 13.8 Å². The van der Waals surface area contributed by atoms with E-state index in [0.717, 1.165) is 11.1 Å². The highest BCUT2D eigenvalue weighted by Crippen LogP contribution is 2.33. The second kappa shape index (κ2) is 8.81. The van der Waals surface area contributed by atoms with Crippen LogP contribution in [0.4, 0.5) is 5.69 Å².